The number of nitrogens with zero attached hydrogens (tertiary/aromatic N) is 1. The van der Waals surface area contributed by atoms with Gasteiger partial charge in [-0.25, -0.2) is 13.8 Å². The van der Waals surface area contributed by atoms with Gasteiger partial charge < -0.3 is 17.2 Å². The average molecular weight is 292 g/mol. The van der Waals surface area contributed by atoms with Crippen molar-refractivity contribution in [3.8, 4) is 11.8 Å². The monoisotopic (exact) mass is 292 g/mol. The number of hydrogen-bond acceptors (Lipinski definition) is 4. The lowest BCUT2D eigenvalue weighted by Crippen LogP contribution is -2.18. The maximum Gasteiger partial charge on any atom is 0.134 e. The molecule has 112 valence electrons. The van der Waals surface area contributed by atoms with E-state index in [0.29, 0.717) is 16.9 Å². The van der Waals surface area contributed by atoms with Gasteiger partial charge in [0.05, 0.1) is 6.04 Å². The Morgan fingerprint density at radius 1 is 1.52 bits per heavy atom. The van der Waals surface area contributed by atoms with Gasteiger partial charge in [0.25, 0.3) is 0 Å². The first-order valence-electron chi connectivity index (χ1n) is 6.30. The maximum absolute atomic E-state index is 13.7. The van der Waals surface area contributed by atoms with Gasteiger partial charge in [-0.2, -0.15) is 0 Å². The van der Waals surface area contributed by atoms with Crippen LogP contribution in [-0.2, 0) is 6.54 Å². The van der Waals surface area contributed by atoms with Gasteiger partial charge in [0.2, 0.25) is 0 Å². The number of alkyl halides is 1. The van der Waals surface area contributed by atoms with Crippen LogP contribution in [0.5, 0.6) is 0 Å². The van der Waals surface area contributed by atoms with E-state index in [4.69, 9.17) is 17.2 Å². The molecule has 1 unspecified atom stereocenters. The summed E-state index contributed by atoms with van der Waals surface area (Å²) in [6, 6.07) is 0.889. The molecular formula is C15H18F2N4. The van der Waals surface area contributed by atoms with Crippen molar-refractivity contribution >= 4 is 5.82 Å². The summed E-state index contributed by atoms with van der Waals surface area (Å²) in [4.78, 5) is 3.96. The Hall–Kier alpha value is -2.23. The highest BCUT2D eigenvalue weighted by Gasteiger charge is 2.00. The van der Waals surface area contributed by atoms with Crippen LogP contribution >= 0.6 is 0 Å². The summed E-state index contributed by atoms with van der Waals surface area (Å²) < 4.78 is 25.8. The molecule has 0 spiro atoms. The van der Waals surface area contributed by atoms with Gasteiger partial charge in [0.1, 0.15) is 18.3 Å². The van der Waals surface area contributed by atoms with Crippen molar-refractivity contribution in [2.24, 2.45) is 11.5 Å². The molecule has 6 heteroatoms. The van der Waals surface area contributed by atoms with Gasteiger partial charge in [-0.15, -0.1) is 0 Å². The molecule has 0 aliphatic carbocycles. The minimum Gasteiger partial charge on any atom is -0.383 e. The molecule has 1 heterocycles. The van der Waals surface area contributed by atoms with Crippen LogP contribution in [0.1, 0.15) is 18.1 Å². The van der Waals surface area contributed by atoms with Crippen molar-refractivity contribution in [1.29, 1.82) is 0 Å². The molecule has 4 nitrogen and oxygen atoms in total. The number of pyridine rings is 1. The second-order valence-corrected chi connectivity index (χ2v) is 4.37. The largest absolute Gasteiger partial charge is 0.383 e. The Labute approximate surface area is 122 Å². The second kappa shape index (κ2) is 8.15. The number of hydrogen-bond donors (Lipinski definition) is 3. The summed E-state index contributed by atoms with van der Waals surface area (Å²) in [5.41, 5.74) is 17.9. The fourth-order valence-electron chi connectivity index (χ4n) is 1.36. The van der Waals surface area contributed by atoms with Crippen molar-refractivity contribution < 1.29 is 8.78 Å². The highest BCUT2D eigenvalue weighted by molar-refractivity contribution is 5.48. The molecule has 0 aromatic carbocycles. The first-order chi connectivity index (χ1) is 9.97. The molecule has 21 heavy (non-hydrogen) atoms. The Bertz CT molecular complexity index is 612. The first kappa shape index (κ1) is 16.8. The second-order valence-electron chi connectivity index (χ2n) is 4.37. The van der Waals surface area contributed by atoms with Gasteiger partial charge in [0.15, 0.2) is 0 Å². The molecule has 0 aliphatic rings. The topological polar surface area (TPSA) is 90.9 Å². The summed E-state index contributed by atoms with van der Waals surface area (Å²) >= 11 is 0. The van der Waals surface area contributed by atoms with Crippen LogP contribution < -0.4 is 17.2 Å². The highest BCUT2D eigenvalue weighted by atomic mass is 19.1. The van der Waals surface area contributed by atoms with E-state index in [1.807, 2.05) is 0 Å². The number of halogens is 2. The predicted octanol–water partition coefficient (Wildman–Crippen LogP) is 1.57. The summed E-state index contributed by atoms with van der Waals surface area (Å²) in [5, 5.41) is 0. The van der Waals surface area contributed by atoms with Crippen LogP contribution in [0.2, 0.25) is 0 Å². The fraction of sp³-hybridized carbons (Fsp3) is 0.267. The summed E-state index contributed by atoms with van der Waals surface area (Å²) in [7, 11) is 0. The average Bonchev–Trinajstić information content (AvgIpc) is 2.50. The van der Waals surface area contributed by atoms with Crippen LogP contribution in [-0.4, -0.2) is 17.7 Å². The molecule has 0 saturated heterocycles. The fourth-order valence-corrected chi connectivity index (χ4v) is 1.36. The lowest BCUT2D eigenvalue weighted by atomic mass is 10.1. The molecular weight excluding hydrogens is 274 g/mol. The molecule has 0 saturated carbocycles. The van der Waals surface area contributed by atoms with E-state index in [9.17, 15) is 8.78 Å². The zero-order valence-corrected chi connectivity index (χ0v) is 11.7. The quantitative estimate of drug-likeness (QED) is 0.580. The predicted molar refractivity (Wildman–Crippen MR) is 80.3 cm³/mol. The molecule has 1 atom stereocenters. The van der Waals surface area contributed by atoms with E-state index in [1.54, 1.807) is 6.07 Å². The molecule has 0 bridgehead atoms. The van der Waals surface area contributed by atoms with E-state index in [2.05, 4.69) is 16.8 Å². The minimum absolute atomic E-state index is 0.212. The Kier molecular flexibility index (Phi) is 6.53. The Morgan fingerprint density at radius 3 is 2.86 bits per heavy atom. The summed E-state index contributed by atoms with van der Waals surface area (Å²) in [6.45, 7) is 1.02. The lowest BCUT2D eigenvalue weighted by Gasteiger charge is -2.01. The van der Waals surface area contributed by atoms with Crippen molar-refractivity contribution in [3.05, 3.63) is 46.9 Å². The number of nitrogen functional groups attached to an aromatic ring is 1. The van der Waals surface area contributed by atoms with Gasteiger partial charge in [-0.1, -0.05) is 17.9 Å². The smallest absolute Gasteiger partial charge is 0.134 e. The molecule has 1 aromatic heterocycles. The van der Waals surface area contributed by atoms with E-state index in [1.165, 1.54) is 19.2 Å². The van der Waals surface area contributed by atoms with Gasteiger partial charge in [-0.3, -0.25) is 0 Å². The van der Waals surface area contributed by atoms with Crippen LogP contribution in [0.3, 0.4) is 0 Å². The van der Waals surface area contributed by atoms with Crippen LogP contribution in [0, 0.1) is 11.8 Å². The zero-order chi connectivity index (χ0) is 15.8. The van der Waals surface area contributed by atoms with E-state index in [-0.39, 0.29) is 12.1 Å². The molecule has 6 N–H and O–H groups in total. The SMILES string of the molecule is C/C(C#Cc1cnc(N)c(CN)c1)=C(F)\C=C/C(N)CF. The van der Waals surface area contributed by atoms with Crippen LogP contribution in [0.25, 0.3) is 0 Å². The third-order valence-corrected chi connectivity index (χ3v) is 2.64. The van der Waals surface area contributed by atoms with Crippen molar-refractivity contribution in [2.75, 3.05) is 12.4 Å². The van der Waals surface area contributed by atoms with Gasteiger partial charge >= 0.3 is 0 Å². The third-order valence-electron chi connectivity index (χ3n) is 2.64. The summed E-state index contributed by atoms with van der Waals surface area (Å²) in [6.07, 6.45) is 3.85. The van der Waals surface area contributed by atoms with Gasteiger partial charge in [0, 0.05) is 29.4 Å². The number of allylic oxidation sites excluding steroid dienone is 3. The van der Waals surface area contributed by atoms with E-state index >= 15 is 0 Å². The Balaban J connectivity index is 2.92. The maximum atomic E-state index is 13.7. The lowest BCUT2D eigenvalue weighted by molar-refractivity contribution is 0.464. The van der Waals surface area contributed by atoms with E-state index in [0.717, 1.165) is 6.08 Å². The number of nitrogens with two attached hydrogens (primary N) is 3. The molecule has 0 radical (unpaired) electrons. The number of aromatic nitrogens is 1. The van der Waals surface area contributed by atoms with Crippen molar-refractivity contribution in [1.82, 2.24) is 4.98 Å². The third kappa shape index (κ3) is 5.34. The molecule has 1 aromatic rings. The number of anilines is 1. The summed E-state index contributed by atoms with van der Waals surface area (Å²) in [5.74, 6) is 5.22. The molecule has 0 fully saturated rings. The highest BCUT2D eigenvalue weighted by Crippen LogP contribution is 2.10. The number of rotatable bonds is 4. The standard InChI is InChI=1S/C15H18F2N4/c1-10(14(17)5-4-13(19)7-16)2-3-11-6-12(8-18)15(20)21-9-11/h4-6,9,13H,7-8,18-19H2,1H3,(H2,20,21)/b5-4-,14-10-. The van der Waals surface area contributed by atoms with Crippen molar-refractivity contribution in [3.63, 3.8) is 0 Å². The van der Waals surface area contributed by atoms with Crippen molar-refractivity contribution in [2.45, 2.75) is 19.5 Å². The first-order valence-corrected chi connectivity index (χ1v) is 6.30. The molecule has 1 rings (SSSR count). The Morgan fingerprint density at radius 2 is 2.24 bits per heavy atom. The zero-order valence-electron chi connectivity index (χ0n) is 11.7. The minimum atomic E-state index is -0.815. The molecule has 0 aliphatic heterocycles. The van der Waals surface area contributed by atoms with Crippen LogP contribution in [0.4, 0.5) is 14.6 Å². The van der Waals surface area contributed by atoms with Gasteiger partial charge in [-0.05, 0) is 19.1 Å². The van der Waals surface area contributed by atoms with E-state index < -0.39 is 18.5 Å². The van der Waals surface area contributed by atoms with Crippen LogP contribution in [0.15, 0.2) is 35.8 Å². The normalized spacial score (nSPS) is 13.6. The molecule has 0 amide bonds.